The van der Waals surface area contributed by atoms with Crippen molar-refractivity contribution in [2.45, 2.75) is 73.0 Å². The number of esters is 1. The number of likely N-dealkylation sites (tertiary alicyclic amines) is 1. The Labute approximate surface area is 266 Å². The number of hydrogen-bond donors (Lipinski definition) is 1. The first-order valence-electron chi connectivity index (χ1n) is 15.7. The van der Waals surface area contributed by atoms with E-state index in [4.69, 9.17) is 13.8 Å². The Morgan fingerprint density at radius 2 is 1.60 bits per heavy atom. The van der Waals surface area contributed by atoms with Gasteiger partial charge in [-0.2, -0.15) is 0 Å². The number of dihydropyridines is 1. The predicted octanol–water partition coefficient (Wildman–Crippen LogP) is 7.53. The molecule has 2 aromatic rings. The first-order chi connectivity index (χ1) is 21.4. The third kappa shape index (κ3) is 8.91. The number of benzene rings is 2. The summed E-state index contributed by atoms with van der Waals surface area (Å²) in [5, 5.41) is 15.3. The molecule has 11 heteroatoms. The number of hydrogen-bond acceptors (Lipinski definition) is 9. The van der Waals surface area contributed by atoms with Crippen LogP contribution < -0.4 is 5.32 Å². The van der Waals surface area contributed by atoms with Crippen LogP contribution in [0, 0.1) is 22.0 Å². The van der Waals surface area contributed by atoms with E-state index in [0.29, 0.717) is 29.8 Å². The van der Waals surface area contributed by atoms with Gasteiger partial charge in [-0.15, -0.1) is 0 Å². The Bertz CT molecular complexity index is 1450. The lowest BCUT2D eigenvalue weighted by molar-refractivity contribution is -0.384. The summed E-state index contributed by atoms with van der Waals surface area (Å²) in [6.45, 7) is 14.0. The topological polar surface area (TPSA) is 120 Å². The van der Waals surface area contributed by atoms with Crippen molar-refractivity contribution >= 4 is 19.3 Å². The van der Waals surface area contributed by atoms with Gasteiger partial charge in [-0.1, -0.05) is 70.2 Å². The van der Waals surface area contributed by atoms with Crippen LogP contribution in [0.25, 0.3) is 0 Å². The number of non-ortho nitro benzene ring substituents is 1. The van der Waals surface area contributed by atoms with Crippen LogP contribution in [0.4, 0.5) is 5.69 Å². The Morgan fingerprint density at radius 3 is 2.18 bits per heavy atom. The van der Waals surface area contributed by atoms with Crippen molar-refractivity contribution in [3.8, 4) is 0 Å². The van der Waals surface area contributed by atoms with Crippen LogP contribution in [0.5, 0.6) is 0 Å². The normalized spacial score (nSPS) is 18.4. The molecule has 1 unspecified atom stereocenters. The number of carbonyl (C=O) groups excluding carboxylic acids is 1. The lowest BCUT2D eigenvalue weighted by Crippen LogP contribution is -2.38. The van der Waals surface area contributed by atoms with Gasteiger partial charge in [-0.3, -0.25) is 19.6 Å². The number of allylic oxidation sites excluding steroid dienone is 3. The minimum absolute atomic E-state index is 0.0594. The standard InChI is InChI=1S/C34H46N3O7P/c1-23(2)21-42-45(41,43-22-24(3)4)33-26(6)35-25(5)31(32(33)28-13-10-14-29(19-28)37(39)40)34(38)44-30-15-17-36(18-16-30)20-27-11-8-7-9-12-27/h7-14,19,23-24,30,32,35H,15-18,20-22H2,1-6H3. The molecular formula is C34H46N3O7P. The molecule has 2 aromatic carbocycles. The molecule has 10 nitrogen and oxygen atoms in total. The van der Waals surface area contributed by atoms with Crippen LogP contribution in [0.1, 0.15) is 71.4 Å². The fraction of sp³-hybridized carbons (Fsp3) is 0.500. The molecule has 4 rings (SSSR count). The van der Waals surface area contributed by atoms with Gasteiger partial charge in [0.15, 0.2) is 0 Å². The largest absolute Gasteiger partial charge is 0.459 e. The highest BCUT2D eigenvalue weighted by molar-refractivity contribution is 7.58. The molecule has 0 bridgehead atoms. The van der Waals surface area contributed by atoms with Gasteiger partial charge in [0, 0.05) is 43.2 Å². The highest BCUT2D eigenvalue weighted by atomic mass is 31.2. The fourth-order valence-corrected chi connectivity index (χ4v) is 8.07. The molecule has 1 N–H and O–H groups in total. The maximum absolute atomic E-state index is 14.8. The van der Waals surface area contributed by atoms with Crippen LogP contribution in [0.2, 0.25) is 0 Å². The second-order valence-electron chi connectivity index (χ2n) is 12.7. The lowest BCUT2D eigenvalue weighted by atomic mass is 9.86. The number of nitrogens with one attached hydrogen (secondary N) is 1. The summed E-state index contributed by atoms with van der Waals surface area (Å²) >= 11 is 0. The SMILES string of the molecule is CC1=C(C(=O)OC2CCN(Cc3ccccc3)CC2)C(c2cccc([N+](=O)[O-])c2)C(P(=O)(OCC(C)C)OCC(C)C)=C(C)N1. The minimum Gasteiger partial charge on any atom is -0.459 e. The summed E-state index contributed by atoms with van der Waals surface area (Å²) in [6, 6.07) is 16.3. The molecule has 2 aliphatic rings. The average molecular weight is 640 g/mol. The molecule has 1 fully saturated rings. The highest BCUT2D eigenvalue weighted by Gasteiger charge is 2.46. The zero-order chi connectivity index (χ0) is 32.7. The molecule has 2 heterocycles. The molecule has 0 aliphatic carbocycles. The Balaban J connectivity index is 1.66. The summed E-state index contributed by atoms with van der Waals surface area (Å²) in [7, 11) is -4.01. The molecule has 244 valence electrons. The monoisotopic (exact) mass is 639 g/mol. The molecule has 1 atom stereocenters. The zero-order valence-electron chi connectivity index (χ0n) is 27.2. The van der Waals surface area contributed by atoms with Crippen molar-refractivity contribution in [2.75, 3.05) is 26.3 Å². The maximum atomic E-state index is 14.8. The number of rotatable bonds is 13. The summed E-state index contributed by atoms with van der Waals surface area (Å²) in [4.78, 5) is 27.7. The van der Waals surface area contributed by atoms with Crippen molar-refractivity contribution in [1.82, 2.24) is 10.2 Å². The van der Waals surface area contributed by atoms with E-state index < -0.39 is 24.4 Å². The van der Waals surface area contributed by atoms with E-state index in [1.54, 1.807) is 26.0 Å². The van der Waals surface area contributed by atoms with Gasteiger partial charge >= 0.3 is 13.6 Å². The fourth-order valence-electron chi connectivity index (χ4n) is 5.67. The first kappa shape index (κ1) is 34.6. The van der Waals surface area contributed by atoms with Crippen LogP contribution in [0.15, 0.2) is 76.9 Å². The van der Waals surface area contributed by atoms with Crippen molar-refractivity contribution in [3.63, 3.8) is 0 Å². The van der Waals surface area contributed by atoms with E-state index in [2.05, 4.69) is 22.3 Å². The molecule has 0 radical (unpaired) electrons. The third-order valence-corrected chi connectivity index (χ3v) is 10.0. The van der Waals surface area contributed by atoms with Crippen molar-refractivity contribution < 1.29 is 28.1 Å². The van der Waals surface area contributed by atoms with Crippen molar-refractivity contribution in [2.24, 2.45) is 11.8 Å². The van der Waals surface area contributed by atoms with E-state index in [1.807, 2.05) is 45.9 Å². The number of piperidine rings is 1. The summed E-state index contributed by atoms with van der Waals surface area (Å²) in [5.74, 6) is -1.38. The van der Waals surface area contributed by atoms with Crippen molar-refractivity contribution in [3.05, 3.63) is 98.1 Å². The molecule has 1 saturated heterocycles. The van der Waals surface area contributed by atoms with Crippen LogP contribution >= 0.6 is 7.60 Å². The molecule has 0 amide bonds. The Hall–Kier alpha value is -3.30. The third-order valence-electron chi connectivity index (χ3n) is 7.87. The van der Waals surface area contributed by atoms with Gasteiger partial charge < -0.3 is 19.1 Å². The van der Waals surface area contributed by atoms with Gasteiger partial charge in [0.1, 0.15) is 6.10 Å². The van der Waals surface area contributed by atoms with E-state index in [-0.39, 0.29) is 47.7 Å². The number of carbonyl (C=O) groups is 1. The summed E-state index contributed by atoms with van der Waals surface area (Å²) in [6.07, 6.45) is 1.05. The van der Waals surface area contributed by atoms with Crippen LogP contribution in [-0.4, -0.2) is 48.2 Å². The average Bonchev–Trinajstić information content (AvgIpc) is 3.00. The molecule has 2 aliphatic heterocycles. The smallest absolute Gasteiger partial charge is 0.360 e. The molecule has 0 saturated carbocycles. The second-order valence-corrected chi connectivity index (χ2v) is 14.7. The maximum Gasteiger partial charge on any atom is 0.360 e. The Morgan fingerprint density at radius 1 is 0.978 bits per heavy atom. The van der Waals surface area contributed by atoms with Gasteiger partial charge in [0.2, 0.25) is 0 Å². The van der Waals surface area contributed by atoms with E-state index in [1.165, 1.54) is 17.7 Å². The highest BCUT2D eigenvalue weighted by Crippen LogP contribution is 2.64. The molecule has 45 heavy (non-hydrogen) atoms. The van der Waals surface area contributed by atoms with Gasteiger partial charge in [-0.05, 0) is 49.7 Å². The van der Waals surface area contributed by atoms with E-state index in [9.17, 15) is 19.5 Å². The minimum atomic E-state index is -4.01. The Kier molecular flexibility index (Phi) is 11.8. The quantitative estimate of drug-likeness (QED) is 0.103. The van der Waals surface area contributed by atoms with Gasteiger partial charge in [0.25, 0.3) is 5.69 Å². The van der Waals surface area contributed by atoms with Crippen LogP contribution in [-0.2, 0) is 29.7 Å². The number of ether oxygens (including phenoxy) is 1. The van der Waals surface area contributed by atoms with Gasteiger partial charge in [-0.25, -0.2) is 4.79 Å². The number of nitro groups is 1. The van der Waals surface area contributed by atoms with E-state index >= 15 is 0 Å². The van der Waals surface area contributed by atoms with Crippen molar-refractivity contribution in [1.29, 1.82) is 0 Å². The summed E-state index contributed by atoms with van der Waals surface area (Å²) in [5.41, 5.74) is 2.82. The molecular weight excluding hydrogens is 593 g/mol. The molecule has 0 spiro atoms. The van der Waals surface area contributed by atoms with E-state index in [0.717, 1.165) is 19.6 Å². The zero-order valence-corrected chi connectivity index (χ0v) is 28.0. The summed E-state index contributed by atoms with van der Waals surface area (Å²) < 4.78 is 33.1. The predicted molar refractivity (Wildman–Crippen MR) is 174 cm³/mol. The number of nitrogens with zero attached hydrogens (tertiary/aromatic N) is 2. The molecule has 0 aromatic heterocycles. The first-order valence-corrected chi connectivity index (χ1v) is 17.2. The lowest BCUT2D eigenvalue weighted by Gasteiger charge is -2.36. The second kappa shape index (κ2) is 15.3. The van der Waals surface area contributed by atoms with Gasteiger partial charge in [0.05, 0.1) is 34.9 Å². The number of nitro benzene ring substituents is 1. The van der Waals surface area contributed by atoms with Crippen LogP contribution in [0.3, 0.4) is 0 Å².